The number of primary amides is 1. The highest BCUT2D eigenvalue weighted by molar-refractivity contribution is 8.00. The van der Waals surface area contributed by atoms with Gasteiger partial charge in [-0.15, -0.1) is 11.8 Å². The first kappa shape index (κ1) is 15.0. The van der Waals surface area contributed by atoms with Crippen LogP contribution in [0, 0.1) is 0 Å². The van der Waals surface area contributed by atoms with E-state index < -0.39 is 23.8 Å². The lowest BCUT2D eigenvalue weighted by atomic mass is 10.1. The van der Waals surface area contributed by atoms with Crippen LogP contribution in [0.3, 0.4) is 0 Å². The van der Waals surface area contributed by atoms with Crippen LogP contribution in [0.4, 0.5) is 0 Å². The monoisotopic (exact) mass is 282 g/mol. The molecule has 0 aromatic heterocycles. The van der Waals surface area contributed by atoms with Crippen LogP contribution >= 0.6 is 11.8 Å². The van der Waals surface area contributed by atoms with Crippen LogP contribution in [-0.2, 0) is 14.4 Å². The summed E-state index contributed by atoms with van der Waals surface area (Å²) in [7, 11) is 0. The van der Waals surface area contributed by atoms with Gasteiger partial charge in [0.05, 0.1) is 11.5 Å². The topological polar surface area (TPSA) is 109 Å². The summed E-state index contributed by atoms with van der Waals surface area (Å²) < 4.78 is 0. The highest BCUT2D eigenvalue weighted by atomic mass is 32.2. The Morgan fingerprint density at radius 2 is 1.84 bits per heavy atom. The van der Waals surface area contributed by atoms with E-state index in [0.717, 1.165) is 11.8 Å². The number of carboxylic acid groups (broad SMARTS) is 1. The molecule has 6 nitrogen and oxygen atoms in total. The van der Waals surface area contributed by atoms with Crippen LogP contribution < -0.4 is 11.1 Å². The average molecular weight is 282 g/mol. The SMILES string of the molecule is NC(=O)CSCC(=O)N[C@H](C(=O)O)c1ccccc1. The Kier molecular flexibility index (Phi) is 5.87. The number of carbonyl (C=O) groups excluding carboxylic acids is 2. The molecule has 0 aliphatic rings. The zero-order valence-corrected chi connectivity index (χ0v) is 10.9. The van der Waals surface area contributed by atoms with Gasteiger partial charge in [0.2, 0.25) is 11.8 Å². The van der Waals surface area contributed by atoms with Crippen molar-refractivity contribution in [3.8, 4) is 0 Å². The summed E-state index contributed by atoms with van der Waals surface area (Å²) in [5.41, 5.74) is 5.42. The molecule has 0 spiro atoms. The number of thioether (sulfide) groups is 1. The Morgan fingerprint density at radius 1 is 1.21 bits per heavy atom. The molecule has 0 saturated carbocycles. The summed E-state index contributed by atoms with van der Waals surface area (Å²) in [4.78, 5) is 33.2. The van der Waals surface area contributed by atoms with Crippen LogP contribution in [0.25, 0.3) is 0 Å². The lowest BCUT2D eigenvalue weighted by Crippen LogP contribution is -2.35. The van der Waals surface area contributed by atoms with Crippen molar-refractivity contribution in [2.75, 3.05) is 11.5 Å². The third-order valence-electron chi connectivity index (χ3n) is 2.16. The summed E-state index contributed by atoms with van der Waals surface area (Å²) in [6, 6.07) is 7.29. The first-order chi connectivity index (χ1) is 9.00. The quantitative estimate of drug-likeness (QED) is 0.659. The summed E-state index contributed by atoms with van der Waals surface area (Å²) in [6.07, 6.45) is 0. The van der Waals surface area contributed by atoms with E-state index in [1.165, 1.54) is 0 Å². The summed E-state index contributed by atoms with van der Waals surface area (Å²) in [6.45, 7) is 0. The largest absolute Gasteiger partial charge is 0.479 e. The van der Waals surface area contributed by atoms with Gasteiger partial charge in [-0.1, -0.05) is 30.3 Å². The highest BCUT2D eigenvalue weighted by Crippen LogP contribution is 2.13. The van der Waals surface area contributed by atoms with Crippen LogP contribution in [0.5, 0.6) is 0 Å². The molecule has 0 saturated heterocycles. The number of aliphatic carboxylic acids is 1. The maximum atomic E-state index is 11.6. The van der Waals surface area contributed by atoms with Crippen molar-refractivity contribution < 1.29 is 19.5 Å². The second kappa shape index (κ2) is 7.42. The van der Waals surface area contributed by atoms with Crippen molar-refractivity contribution in [1.82, 2.24) is 5.32 Å². The number of amides is 2. The minimum atomic E-state index is -1.14. The van der Waals surface area contributed by atoms with Gasteiger partial charge in [0.25, 0.3) is 0 Å². The third kappa shape index (κ3) is 5.43. The van der Waals surface area contributed by atoms with Crippen molar-refractivity contribution in [1.29, 1.82) is 0 Å². The van der Waals surface area contributed by atoms with E-state index in [4.69, 9.17) is 10.8 Å². The van der Waals surface area contributed by atoms with Gasteiger partial charge in [-0.25, -0.2) is 4.79 Å². The van der Waals surface area contributed by atoms with E-state index in [-0.39, 0.29) is 11.5 Å². The molecule has 7 heteroatoms. The average Bonchev–Trinajstić information content (AvgIpc) is 2.36. The Morgan fingerprint density at radius 3 is 2.37 bits per heavy atom. The van der Waals surface area contributed by atoms with Gasteiger partial charge in [-0.05, 0) is 5.56 Å². The Balaban J connectivity index is 2.57. The molecule has 2 amide bonds. The number of hydrogen-bond donors (Lipinski definition) is 3. The molecular weight excluding hydrogens is 268 g/mol. The summed E-state index contributed by atoms with van der Waals surface area (Å²) in [5, 5.41) is 11.5. The fraction of sp³-hybridized carbons (Fsp3) is 0.250. The molecule has 4 N–H and O–H groups in total. The van der Waals surface area contributed by atoms with E-state index in [1.807, 2.05) is 0 Å². The molecular formula is C12H14N2O4S. The minimum Gasteiger partial charge on any atom is -0.479 e. The first-order valence-corrected chi connectivity index (χ1v) is 6.59. The molecule has 1 aromatic rings. The molecule has 0 aliphatic heterocycles. The molecule has 0 unspecified atom stereocenters. The van der Waals surface area contributed by atoms with Gasteiger partial charge >= 0.3 is 5.97 Å². The van der Waals surface area contributed by atoms with E-state index in [0.29, 0.717) is 5.56 Å². The van der Waals surface area contributed by atoms with E-state index in [1.54, 1.807) is 30.3 Å². The van der Waals surface area contributed by atoms with Crippen LogP contribution in [0.15, 0.2) is 30.3 Å². The fourth-order valence-electron chi connectivity index (χ4n) is 1.38. The van der Waals surface area contributed by atoms with E-state index >= 15 is 0 Å². The normalized spacial score (nSPS) is 11.6. The predicted molar refractivity (Wildman–Crippen MR) is 71.5 cm³/mol. The number of nitrogens with one attached hydrogen (secondary N) is 1. The second-order valence-electron chi connectivity index (χ2n) is 3.71. The predicted octanol–water partition coefficient (Wildman–Crippen LogP) is 0.147. The minimum absolute atomic E-state index is 0.0143. The first-order valence-electron chi connectivity index (χ1n) is 5.44. The van der Waals surface area contributed by atoms with E-state index in [9.17, 15) is 14.4 Å². The summed E-state index contributed by atoms with van der Waals surface area (Å²) >= 11 is 1.04. The zero-order valence-electron chi connectivity index (χ0n) is 10.0. The molecule has 0 heterocycles. The maximum absolute atomic E-state index is 11.6. The lowest BCUT2D eigenvalue weighted by molar-refractivity contribution is -0.141. The molecule has 0 aliphatic carbocycles. The maximum Gasteiger partial charge on any atom is 0.330 e. The van der Waals surface area contributed by atoms with Crippen LogP contribution in [0.1, 0.15) is 11.6 Å². The molecule has 0 bridgehead atoms. The van der Waals surface area contributed by atoms with Crippen LogP contribution in [0.2, 0.25) is 0 Å². The lowest BCUT2D eigenvalue weighted by Gasteiger charge is -2.14. The van der Waals surface area contributed by atoms with Gasteiger partial charge in [-0.3, -0.25) is 9.59 Å². The Hall–Kier alpha value is -2.02. The second-order valence-corrected chi connectivity index (χ2v) is 4.69. The van der Waals surface area contributed by atoms with Gasteiger partial charge in [0.1, 0.15) is 0 Å². The Bertz CT molecular complexity index is 464. The number of carboxylic acids is 1. The summed E-state index contributed by atoms with van der Waals surface area (Å²) in [5.74, 6) is -2.10. The van der Waals surface area contributed by atoms with Crippen LogP contribution in [-0.4, -0.2) is 34.4 Å². The van der Waals surface area contributed by atoms with Crippen molar-refractivity contribution >= 4 is 29.5 Å². The number of rotatable bonds is 7. The van der Waals surface area contributed by atoms with Gasteiger partial charge in [0, 0.05) is 0 Å². The number of carbonyl (C=O) groups is 3. The molecule has 0 radical (unpaired) electrons. The molecule has 19 heavy (non-hydrogen) atoms. The van der Waals surface area contributed by atoms with Crippen molar-refractivity contribution in [2.24, 2.45) is 5.73 Å². The van der Waals surface area contributed by atoms with Crippen molar-refractivity contribution in [3.05, 3.63) is 35.9 Å². The number of nitrogens with two attached hydrogens (primary N) is 1. The van der Waals surface area contributed by atoms with Gasteiger partial charge in [-0.2, -0.15) is 0 Å². The molecule has 1 atom stereocenters. The highest BCUT2D eigenvalue weighted by Gasteiger charge is 2.21. The standard InChI is InChI=1S/C12H14N2O4S/c13-9(15)6-19-7-10(16)14-11(12(17)18)8-4-2-1-3-5-8/h1-5,11H,6-7H2,(H2,13,15)(H,14,16)(H,17,18)/t11-/m0/s1. The smallest absolute Gasteiger partial charge is 0.330 e. The van der Waals surface area contributed by atoms with E-state index in [2.05, 4.69) is 5.32 Å². The molecule has 1 aromatic carbocycles. The fourth-order valence-corrected chi connectivity index (χ4v) is 1.95. The number of benzene rings is 1. The number of hydrogen-bond acceptors (Lipinski definition) is 4. The zero-order chi connectivity index (χ0) is 14.3. The van der Waals surface area contributed by atoms with Crippen molar-refractivity contribution in [3.63, 3.8) is 0 Å². The van der Waals surface area contributed by atoms with Crippen molar-refractivity contribution in [2.45, 2.75) is 6.04 Å². The molecule has 102 valence electrons. The third-order valence-corrected chi connectivity index (χ3v) is 3.12. The van der Waals surface area contributed by atoms with Gasteiger partial charge < -0.3 is 16.2 Å². The Labute approximate surface area is 114 Å². The molecule has 0 fully saturated rings. The van der Waals surface area contributed by atoms with Gasteiger partial charge in [0.15, 0.2) is 6.04 Å². The molecule has 1 rings (SSSR count).